The van der Waals surface area contributed by atoms with Crippen LogP contribution in [-0.4, -0.2) is 54.4 Å². The van der Waals surface area contributed by atoms with Crippen molar-refractivity contribution < 1.29 is 9.53 Å². The van der Waals surface area contributed by atoms with E-state index in [1.54, 1.807) is 17.8 Å². The van der Waals surface area contributed by atoms with Crippen LogP contribution in [0.5, 0.6) is 0 Å². The molecule has 1 aromatic rings. The minimum atomic E-state index is -0.310. The van der Waals surface area contributed by atoms with Crippen LogP contribution in [0.4, 0.5) is 0 Å². The maximum Gasteiger partial charge on any atom is 0.341 e. The van der Waals surface area contributed by atoms with Gasteiger partial charge in [-0.15, -0.1) is 0 Å². The van der Waals surface area contributed by atoms with Crippen LogP contribution in [0.25, 0.3) is 0 Å². The van der Waals surface area contributed by atoms with E-state index in [4.69, 9.17) is 4.74 Å². The summed E-state index contributed by atoms with van der Waals surface area (Å²) in [5.41, 5.74) is 1.55. The smallest absolute Gasteiger partial charge is 0.341 e. The van der Waals surface area contributed by atoms with Gasteiger partial charge in [0, 0.05) is 26.7 Å². The Bertz CT molecular complexity index is 466. The number of aromatic nitrogens is 2. The Morgan fingerprint density at radius 1 is 1.48 bits per heavy atom. The number of carbonyl (C=O) groups is 1. The van der Waals surface area contributed by atoms with Crippen LogP contribution in [0.1, 0.15) is 36.8 Å². The third kappa shape index (κ3) is 5.47. The summed E-state index contributed by atoms with van der Waals surface area (Å²) in [4.78, 5) is 14.1. The lowest BCUT2D eigenvalue weighted by Crippen LogP contribution is -2.37. The molecule has 21 heavy (non-hydrogen) atoms. The number of hydrogen-bond donors (Lipinski definition) is 1. The summed E-state index contributed by atoms with van der Waals surface area (Å²) in [6, 6.07) is 0. The molecule has 6 heteroatoms. The SMILES string of the molecule is CCOC(=O)c1cnn(C)c1CNCC(C)(C)CN(C)C. The number of aryl methyl sites for hydroxylation is 1. The van der Waals surface area contributed by atoms with Gasteiger partial charge in [0.2, 0.25) is 0 Å². The number of esters is 1. The largest absolute Gasteiger partial charge is 0.462 e. The molecule has 1 rings (SSSR count). The van der Waals surface area contributed by atoms with Gasteiger partial charge < -0.3 is 15.0 Å². The number of rotatable bonds is 8. The van der Waals surface area contributed by atoms with Crippen molar-refractivity contribution >= 4 is 5.97 Å². The van der Waals surface area contributed by atoms with Gasteiger partial charge in [0.15, 0.2) is 0 Å². The van der Waals surface area contributed by atoms with Crippen molar-refractivity contribution in [2.75, 3.05) is 33.8 Å². The van der Waals surface area contributed by atoms with E-state index in [2.05, 4.69) is 43.3 Å². The van der Waals surface area contributed by atoms with Gasteiger partial charge in [-0.1, -0.05) is 13.8 Å². The molecule has 1 aromatic heterocycles. The summed E-state index contributed by atoms with van der Waals surface area (Å²) >= 11 is 0. The Hall–Kier alpha value is -1.40. The number of ether oxygens (including phenoxy) is 1. The van der Waals surface area contributed by atoms with Crippen molar-refractivity contribution in [3.63, 3.8) is 0 Å². The Labute approximate surface area is 127 Å². The lowest BCUT2D eigenvalue weighted by molar-refractivity contribution is 0.0524. The molecule has 120 valence electrons. The number of carbonyl (C=O) groups excluding carboxylic acids is 1. The Morgan fingerprint density at radius 2 is 2.14 bits per heavy atom. The van der Waals surface area contributed by atoms with Gasteiger partial charge in [-0.3, -0.25) is 4.68 Å². The number of nitrogens with one attached hydrogen (secondary N) is 1. The van der Waals surface area contributed by atoms with E-state index in [0.29, 0.717) is 18.7 Å². The number of hydrogen-bond acceptors (Lipinski definition) is 5. The first-order valence-corrected chi connectivity index (χ1v) is 7.30. The van der Waals surface area contributed by atoms with Crippen molar-refractivity contribution in [3.05, 3.63) is 17.5 Å². The van der Waals surface area contributed by atoms with E-state index in [9.17, 15) is 4.79 Å². The quantitative estimate of drug-likeness (QED) is 0.732. The molecular weight excluding hydrogens is 268 g/mol. The summed E-state index contributed by atoms with van der Waals surface area (Å²) in [5, 5.41) is 7.57. The molecule has 0 amide bonds. The van der Waals surface area contributed by atoms with E-state index in [1.807, 2.05) is 7.05 Å². The maximum absolute atomic E-state index is 11.9. The zero-order valence-corrected chi connectivity index (χ0v) is 14.1. The van der Waals surface area contributed by atoms with Gasteiger partial charge >= 0.3 is 5.97 Å². The molecule has 1 heterocycles. The molecule has 0 aromatic carbocycles. The zero-order valence-electron chi connectivity index (χ0n) is 14.1. The molecule has 0 bridgehead atoms. The molecule has 0 unspecified atom stereocenters. The summed E-state index contributed by atoms with van der Waals surface area (Å²) in [6.07, 6.45) is 1.57. The second-order valence-electron chi connectivity index (χ2n) is 6.35. The summed E-state index contributed by atoms with van der Waals surface area (Å²) in [5.74, 6) is -0.310. The van der Waals surface area contributed by atoms with Gasteiger partial charge in [-0.25, -0.2) is 4.79 Å². The molecule has 0 atom stereocenters. The highest BCUT2D eigenvalue weighted by Gasteiger charge is 2.20. The molecule has 0 saturated heterocycles. The van der Waals surface area contributed by atoms with Crippen LogP contribution in [0, 0.1) is 5.41 Å². The molecule has 0 aliphatic carbocycles. The highest BCUT2D eigenvalue weighted by molar-refractivity contribution is 5.90. The van der Waals surface area contributed by atoms with Crippen molar-refractivity contribution in [3.8, 4) is 0 Å². The highest BCUT2D eigenvalue weighted by atomic mass is 16.5. The van der Waals surface area contributed by atoms with E-state index in [0.717, 1.165) is 18.8 Å². The van der Waals surface area contributed by atoms with Crippen LogP contribution < -0.4 is 5.32 Å². The first-order valence-electron chi connectivity index (χ1n) is 7.30. The predicted octanol–water partition coefficient (Wildman–Crippen LogP) is 1.27. The lowest BCUT2D eigenvalue weighted by atomic mass is 9.93. The molecule has 0 fully saturated rings. The highest BCUT2D eigenvalue weighted by Crippen LogP contribution is 2.15. The molecule has 0 spiro atoms. The van der Waals surface area contributed by atoms with Crippen LogP contribution in [0.15, 0.2) is 6.20 Å². The molecule has 0 saturated carbocycles. The van der Waals surface area contributed by atoms with Gasteiger partial charge in [-0.05, 0) is 26.4 Å². The average Bonchev–Trinajstić information content (AvgIpc) is 2.69. The van der Waals surface area contributed by atoms with Gasteiger partial charge in [0.05, 0.1) is 18.5 Å². The fourth-order valence-electron chi connectivity index (χ4n) is 2.48. The van der Waals surface area contributed by atoms with E-state index in [-0.39, 0.29) is 11.4 Å². The van der Waals surface area contributed by atoms with Crippen molar-refractivity contribution in [1.29, 1.82) is 0 Å². The second-order valence-corrected chi connectivity index (χ2v) is 6.35. The first-order chi connectivity index (χ1) is 9.76. The number of nitrogens with zero attached hydrogens (tertiary/aromatic N) is 3. The standard InChI is InChI=1S/C15H28N4O2/c1-7-21-14(20)12-8-17-19(6)13(12)9-16-10-15(2,3)11-18(4)5/h8,16H,7,9-11H2,1-6H3. The molecule has 0 aliphatic rings. The molecule has 0 aliphatic heterocycles. The normalized spacial score (nSPS) is 12.0. The Balaban J connectivity index is 2.63. The minimum absolute atomic E-state index is 0.159. The summed E-state index contributed by atoms with van der Waals surface area (Å²) in [6.45, 7) is 9.06. The molecule has 6 nitrogen and oxygen atoms in total. The van der Waals surface area contributed by atoms with Crippen molar-refractivity contribution in [2.45, 2.75) is 27.3 Å². The Kier molecular flexibility index (Phi) is 6.36. The van der Waals surface area contributed by atoms with Crippen LogP contribution in [0.2, 0.25) is 0 Å². The van der Waals surface area contributed by atoms with Crippen molar-refractivity contribution in [2.24, 2.45) is 12.5 Å². The fourth-order valence-corrected chi connectivity index (χ4v) is 2.48. The third-order valence-electron chi connectivity index (χ3n) is 3.20. The monoisotopic (exact) mass is 296 g/mol. The topological polar surface area (TPSA) is 59.4 Å². The minimum Gasteiger partial charge on any atom is -0.462 e. The maximum atomic E-state index is 11.9. The lowest BCUT2D eigenvalue weighted by Gasteiger charge is -2.28. The summed E-state index contributed by atoms with van der Waals surface area (Å²) < 4.78 is 6.78. The molecular formula is C15H28N4O2. The van der Waals surface area contributed by atoms with E-state index in [1.165, 1.54) is 0 Å². The van der Waals surface area contributed by atoms with Gasteiger partial charge in [-0.2, -0.15) is 5.10 Å². The van der Waals surface area contributed by atoms with Crippen molar-refractivity contribution in [1.82, 2.24) is 20.0 Å². The average molecular weight is 296 g/mol. The molecule has 0 radical (unpaired) electrons. The van der Waals surface area contributed by atoms with Gasteiger partial charge in [0.25, 0.3) is 0 Å². The van der Waals surface area contributed by atoms with Crippen LogP contribution >= 0.6 is 0 Å². The fraction of sp³-hybridized carbons (Fsp3) is 0.733. The van der Waals surface area contributed by atoms with Crippen LogP contribution in [-0.2, 0) is 18.3 Å². The van der Waals surface area contributed by atoms with E-state index >= 15 is 0 Å². The first kappa shape index (κ1) is 17.7. The van der Waals surface area contributed by atoms with Gasteiger partial charge in [0.1, 0.15) is 5.56 Å². The molecule has 1 N–H and O–H groups in total. The summed E-state index contributed by atoms with van der Waals surface area (Å²) in [7, 11) is 5.98. The predicted molar refractivity (Wildman–Crippen MR) is 83.2 cm³/mol. The third-order valence-corrected chi connectivity index (χ3v) is 3.20. The zero-order chi connectivity index (χ0) is 16.0. The second kappa shape index (κ2) is 7.56. The Morgan fingerprint density at radius 3 is 2.71 bits per heavy atom. The van der Waals surface area contributed by atoms with E-state index < -0.39 is 0 Å². The van der Waals surface area contributed by atoms with Crippen LogP contribution in [0.3, 0.4) is 0 Å².